The van der Waals surface area contributed by atoms with Gasteiger partial charge in [0.1, 0.15) is 23.5 Å². The predicted octanol–water partition coefficient (Wildman–Crippen LogP) is 2.32. The number of carbonyl (C=O) groups is 2. The summed E-state index contributed by atoms with van der Waals surface area (Å²) >= 11 is 5.43. The van der Waals surface area contributed by atoms with Crippen LogP contribution in [0.25, 0.3) is 0 Å². The van der Waals surface area contributed by atoms with Crippen molar-refractivity contribution in [2.45, 2.75) is 45.8 Å². The number of nitrogens with one attached hydrogen (secondary N) is 1. The second kappa shape index (κ2) is 6.95. The van der Waals surface area contributed by atoms with Gasteiger partial charge in [-0.2, -0.15) is 0 Å². The van der Waals surface area contributed by atoms with Gasteiger partial charge in [0.2, 0.25) is 0 Å². The monoisotopic (exact) mass is 279 g/mol. The fourth-order valence-corrected chi connectivity index (χ4v) is 1.32. The van der Waals surface area contributed by atoms with Gasteiger partial charge in [-0.15, -0.1) is 0 Å². The molecule has 0 radical (unpaired) electrons. The van der Waals surface area contributed by atoms with E-state index in [4.69, 9.17) is 21.1 Å². The minimum absolute atomic E-state index is 0.0108. The molecule has 0 aliphatic carbocycles. The maximum absolute atomic E-state index is 11.7. The Kier molecular flexibility index (Phi) is 6.63. The Bertz CT molecular complexity index is 288. The van der Waals surface area contributed by atoms with Crippen molar-refractivity contribution in [2.24, 2.45) is 5.92 Å². The molecule has 0 rings (SSSR count). The third kappa shape index (κ3) is 5.69. The van der Waals surface area contributed by atoms with E-state index < -0.39 is 17.2 Å². The molecule has 106 valence electrons. The highest BCUT2D eigenvalue weighted by molar-refractivity contribution is 6.17. The molecule has 6 heteroatoms. The van der Waals surface area contributed by atoms with Crippen LogP contribution in [0.5, 0.6) is 0 Å². The van der Waals surface area contributed by atoms with Crippen molar-refractivity contribution in [3.8, 4) is 0 Å². The zero-order chi connectivity index (χ0) is 14.4. The highest BCUT2D eigenvalue weighted by Gasteiger charge is 2.37. The molecule has 0 saturated carbocycles. The van der Waals surface area contributed by atoms with Crippen LogP contribution in [-0.4, -0.2) is 36.2 Å². The van der Waals surface area contributed by atoms with Gasteiger partial charge in [-0.3, -0.25) is 0 Å². The molecule has 0 aromatic carbocycles. The van der Waals surface area contributed by atoms with E-state index in [-0.39, 0.29) is 18.6 Å². The van der Waals surface area contributed by atoms with Crippen molar-refractivity contribution < 1.29 is 19.1 Å². The molecule has 18 heavy (non-hydrogen) atoms. The number of hydrogen-bond acceptors (Lipinski definition) is 4. The molecule has 0 aromatic heterocycles. The molecule has 1 atom stereocenters. The fourth-order valence-electron chi connectivity index (χ4n) is 1.25. The molecule has 1 unspecified atom stereocenters. The fraction of sp³-hybridized carbons (Fsp3) is 0.833. The van der Waals surface area contributed by atoms with Crippen LogP contribution in [0, 0.1) is 5.92 Å². The lowest BCUT2D eigenvalue weighted by molar-refractivity contribution is -0.117. The summed E-state index contributed by atoms with van der Waals surface area (Å²) in [5.74, 6) is -0.147. The third-order valence-corrected chi connectivity index (χ3v) is 2.55. The van der Waals surface area contributed by atoms with Gasteiger partial charge in [0.05, 0.1) is 6.61 Å². The van der Waals surface area contributed by atoms with Gasteiger partial charge in [-0.1, -0.05) is 25.4 Å². The molecule has 0 aromatic rings. The minimum atomic E-state index is -1.13. The number of carbonyl (C=O) groups excluding carboxylic acids is 2. The lowest BCUT2D eigenvalue weighted by Crippen LogP contribution is -2.57. The smallest absolute Gasteiger partial charge is 0.408 e. The SMILES string of the molecule is CC(C)C(C=O)(COCCl)NC(=O)OC(C)(C)C. The second-order valence-electron chi connectivity index (χ2n) is 5.40. The summed E-state index contributed by atoms with van der Waals surface area (Å²) in [5, 5.41) is 2.56. The summed E-state index contributed by atoms with van der Waals surface area (Å²) in [7, 11) is 0. The van der Waals surface area contributed by atoms with Crippen molar-refractivity contribution >= 4 is 24.0 Å². The number of alkyl carbamates (subject to hydrolysis) is 1. The molecule has 0 aliphatic rings. The van der Waals surface area contributed by atoms with E-state index in [1.165, 1.54) is 0 Å². The second-order valence-corrected chi connectivity index (χ2v) is 5.62. The number of aldehydes is 1. The maximum Gasteiger partial charge on any atom is 0.408 e. The molecule has 1 amide bonds. The van der Waals surface area contributed by atoms with E-state index in [1.54, 1.807) is 20.8 Å². The molecule has 0 aliphatic heterocycles. The normalized spacial score (nSPS) is 15.1. The zero-order valence-electron chi connectivity index (χ0n) is 11.6. The molecular weight excluding hydrogens is 258 g/mol. The Morgan fingerprint density at radius 1 is 1.39 bits per heavy atom. The van der Waals surface area contributed by atoms with Crippen LogP contribution in [0.2, 0.25) is 0 Å². The molecule has 0 heterocycles. The van der Waals surface area contributed by atoms with Crippen molar-refractivity contribution in [1.82, 2.24) is 5.32 Å². The van der Waals surface area contributed by atoms with E-state index in [0.29, 0.717) is 6.29 Å². The number of hydrogen-bond donors (Lipinski definition) is 1. The standard InChI is InChI=1S/C12H22ClNO4/c1-9(2)12(6-15,7-17-8-13)14-10(16)18-11(3,4)5/h6,9H,7-8H2,1-5H3,(H,14,16). The predicted molar refractivity (Wildman–Crippen MR) is 69.7 cm³/mol. The number of alkyl halides is 1. The van der Waals surface area contributed by atoms with Crippen molar-refractivity contribution in [2.75, 3.05) is 12.7 Å². The molecule has 0 bridgehead atoms. The Labute approximate surface area is 113 Å². The lowest BCUT2D eigenvalue weighted by Gasteiger charge is -2.33. The highest BCUT2D eigenvalue weighted by Crippen LogP contribution is 2.17. The van der Waals surface area contributed by atoms with Gasteiger partial charge in [-0.05, 0) is 26.7 Å². The molecule has 5 nitrogen and oxygen atoms in total. The molecule has 0 spiro atoms. The maximum atomic E-state index is 11.7. The zero-order valence-corrected chi connectivity index (χ0v) is 12.3. The average Bonchev–Trinajstić information content (AvgIpc) is 2.21. The number of halogens is 1. The first kappa shape index (κ1) is 17.2. The molecule has 0 saturated heterocycles. The molecular formula is C12H22ClNO4. The highest BCUT2D eigenvalue weighted by atomic mass is 35.5. The third-order valence-electron chi connectivity index (χ3n) is 2.39. The van der Waals surface area contributed by atoms with Gasteiger partial charge in [0, 0.05) is 0 Å². The van der Waals surface area contributed by atoms with Crippen molar-refractivity contribution in [3.63, 3.8) is 0 Å². The van der Waals surface area contributed by atoms with Gasteiger partial charge >= 0.3 is 6.09 Å². The Morgan fingerprint density at radius 3 is 2.28 bits per heavy atom. The summed E-state index contributed by atoms with van der Waals surface area (Å²) in [5.41, 5.74) is -1.75. The van der Waals surface area contributed by atoms with Crippen LogP contribution >= 0.6 is 11.6 Å². The van der Waals surface area contributed by atoms with Crippen LogP contribution in [0.4, 0.5) is 4.79 Å². The van der Waals surface area contributed by atoms with Crippen LogP contribution in [0.1, 0.15) is 34.6 Å². The number of amides is 1. The summed E-state index contributed by atoms with van der Waals surface area (Å²) < 4.78 is 10.2. The first-order valence-corrected chi connectivity index (χ1v) is 6.31. The first-order chi connectivity index (χ1) is 8.17. The van der Waals surface area contributed by atoms with E-state index in [9.17, 15) is 9.59 Å². The summed E-state index contributed by atoms with van der Waals surface area (Å²) in [6.07, 6.45) is 0.00943. The van der Waals surface area contributed by atoms with Gasteiger partial charge < -0.3 is 19.6 Å². The van der Waals surface area contributed by atoms with Crippen LogP contribution in [-0.2, 0) is 14.3 Å². The lowest BCUT2D eigenvalue weighted by atomic mass is 9.89. The van der Waals surface area contributed by atoms with E-state index >= 15 is 0 Å². The molecule has 0 fully saturated rings. The Morgan fingerprint density at radius 2 is 1.94 bits per heavy atom. The summed E-state index contributed by atoms with van der Waals surface area (Å²) in [4.78, 5) is 23.0. The first-order valence-electron chi connectivity index (χ1n) is 5.78. The van der Waals surface area contributed by atoms with Crippen LogP contribution in [0.3, 0.4) is 0 Å². The van der Waals surface area contributed by atoms with Gasteiger partial charge in [-0.25, -0.2) is 4.79 Å². The van der Waals surface area contributed by atoms with Crippen molar-refractivity contribution in [1.29, 1.82) is 0 Å². The molecule has 1 N–H and O–H groups in total. The van der Waals surface area contributed by atoms with Crippen LogP contribution < -0.4 is 5.32 Å². The van der Waals surface area contributed by atoms with E-state index in [1.807, 2.05) is 13.8 Å². The topological polar surface area (TPSA) is 64.6 Å². The largest absolute Gasteiger partial charge is 0.444 e. The van der Waals surface area contributed by atoms with E-state index in [0.717, 1.165) is 0 Å². The Balaban J connectivity index is 4.78. The Hall–Kier alpha value is -0.810. The van der Waals surface area contributed by atoms with E-state index in [2.05, 4.69) is 5.32 Å². The van der Waals surface area contributed by atoms with Gasteiger partial charge in [0.15, 0.2) is 0 Å². The quantitative estimate of drug-likeness (QED) is 0.599. The number of ether oxygens (including phenoxy) is 2. The summed E-state index contributed by atoms with van der Waals surface area (Å²) in [6.45, 7) is 8.88. The minimum Gasteiger partial charge on any atom is -0.444 e. The van der Waals surface area contributed by atoms with Gasteiger partial charge in [0.25, 0.3) is 0 Å². The number of rotatable bonds is 6. The average molecular weight is 280 g/mol. The van der Waals surface area contributed by atoms with Crippen LogP contribution in [0.15, 0.2) is 0 Å². The summed E-state index contributed by atoms with van der Waals surface area (Å²) in [6, 6.07) is -0.0433. The van der Waals surface area contributed by atoms with Crippen molar-refractivity contribution in [3.05, 3.63) is 0 Å².